The molecule has 0 fully saturated rings. The SMILES string of the molecule is CC/C=C\C/C=C\C/C=C\CCCCCCCC(=O)OCC(COC(=O)CCCCCCCCCCCCCCCC/C=C\C/C=C\C/C=C\CCCCCCC)OC(=O)CCCCCCC/C=C\CCCCCCCCC. The molecule has 0 saturated carbocycles. The van der Waals surface area contributed by atoms with Crippen LogP contribution in [0.15, 0.2) is 85.1 Å². The molecule has 1 atom stereocenters. The first-order chi connectivity index (χ1) is 38.5. The highest BCUT2D eigenvalue weighted by Gasteiger charge is 2.19. The van der Waals surface area contributed by atoms with Gasteiger partial charge in [0.15, 0.2) is 6.10 Å². The van der Waals surface area contributed by atoms with Crippen molar-refractivity contribution in [2.75, 3.05) is 13.2 Å². The Morgan fingerprint density at radius 2 is 0.500 bits per heavy atom. The van der Waals surface area contributed by atoms with Crippen LogP contribution < -0.4 is 0 Å². The second kappa shape index (κ2) is 66.1. The van der Waals surface area contributed by atoms with E-state index in [2.05, 4.69) is 106 Å². The minimum Gasteiger partial charge on any atom is -0.462 e. The van der Waals surface area contributed by atoms with Crippen LogP contribution in [0.1, 0.15) is 335 Å². The lowest BCUT2D eigenvalue weighted by molar-refractivity contribution is -0.167. The van der Waals surface area contributed by atoms with Crippen molar-refractivity contribution in [3.05, 3.63) is 85.1 Å². The van der Waals surface area contributed by atoms with Gasteiger partial charge in [-0.25, -0.2) is 0 Å². The van der Waals surface area contributed by atoms with E-state index >= 15 is 0 Å². The van der Waals surface area contributed by atoms with Gasteiger partial charge in [-0.3, -0.25) is 14.4 Å². The van der Waals surface area contributed by atoms with Crippen LogP contribution in [-0.2, 0) is 28.6 Å². The van der Waals surface area contributed by atoms with E-state index in [1.54, 1.807) is 0 Å². The van der Waals surface area contributed by atoms with Gasteiger partial charge in [0.25, 0.3) is 0 Å². The topological polar surface area (TPSA) is 78.9 Å². The van der Waals surface area contributed by atoms with Crippen LogP contribution in [0.25, 0.3) is 0 Å². The Morgan fingerprint density at radius 3 is 0.795 bits per heavy atom. The number of allylic oxidation sites excluding steroid dienone is 14. The quantitative estimate of drug-likeness (QED) is 0.0261. The number of hydrogen-bond donors (Lipinski definition) is 0. The fourth-order valence-corrected chi connectivity index (χ4v) is 9.58. The molecule has 0 aliphatic carbocycles. The van der Waals surface area contributed by atoms with Gasteiger partial charge in [0.1, 0.15) is 13.2 Å². The minimum atomic E-state index is -0.789. The summed E-state index contributed by atoms with van der Waals surface area (Å²) < 4.78 is 16.9. The third-order valence-corrected chi connectivity index (χ3v) is 14.6. The molecule has 0 aromatic heterocycles. The van der Waals surface area contributed by atoms with Crippen molar-refractivity contribution in [2.45, 2.75) is 341 Å². The molecule has 0 spiro atoms. The lowest BCUT2D eigenvalue weighted by Crippen LogP contribution is -2.30. The van der Waals surface area contributed by atoms with Crippen LogP contribution in [0.5, 0.6) is 0 Å². The maximum Gasteiger partial charge on any atom is 0.306 e. The summed E-state index contributed by atoms with van der Waals surface area (Å²) in [5, 5.41) is 0. The molecule has 0 aromatic carbocycles. The van der Waals surface area contributed by atoms with Gasteiger partial charge in [-0.1, -0.05) is 286 Å². The van der Waals surface area contributed by atoms with Crippen molar-refractivity contribution < 1.29 is 28.6 Å². The molecular formula is C72H126O6. The van der Waals surface area contributed by atoms with E-state index in [1.807, 2.05) is 0 Å². The minimum absolute atomic E-state index is 0.0841. The molecule has 450 valence electrons. The molecule has 0 heterocycles. The normalized spacial score (nSPS) is 12.6. The lowest BCUT2D eigenvalue weighted by atomic mass is 10.0. The summed E-state index contributed by atoms with van der Waals surface area (Å²) in [6.45, 7) is 6.53. The Bertz CT molecular complexity index is 1480. The number of esters is 3. The third kappa shape index (κ3) is 63.4. The molecule has 0 bridgehead atoms. The molecule has 0 amide bonds. The van der Waals surface area contributed by atoms with Gasteiger partial charge < -0.3 is 14.2 Å². The van der Waals surface area contributed by atoms with Crippen LogP contribution in [-0.4, -0.2) is 37.2 Å². The third-order valence-electron chi connectivity index (χ3n) is 14.6. The molecule has 6 nitrogen and oxygen atoms in total. The largest absolute Gasteiger partial charge is 0.462 e. The molecule has 0 aliphatic rings. The van der Waals surface area contributed by atoms with E-state index in [4.69, 9.17) is 14.2 Å². The summed E-state index contributed by atoms with van der Waals surface area (Å²) in [4.78, 5) is 38.3. The summed E-state index contributed by atoms with van der Waals surface area (Å²) in [5.74, 6) is -0.897. The first kappa shape index (κ1) is 74.6. The number of rotatable bonds is 61. The van der Waals surface area contributed by atoms with E-state index < -0.39 is 6.10 Å². The maximum absolute atomic E-state index is 12.9. The van der Waals surface area contributed by atoms with E-state index in [9.17, 15) is 14.4 Å². The summed E-state index contributed by atoms with van der Waals surface area (Å²) in [6, 6.07) is 0. The van der Waals surface area contributed by atoms with Crippen LogP contribution in [0, 0.1) is 0 Å². The van der Waals surface area contributed by atoms with Gasteiger partial charge in [-0.15, -0.1) is 0 Å². The molecule has 0 aliphatic heterocycles. The summed E-state index contributed by atoms with van der Waals surface area (Å²) in [5.41, 5.74) is 0. The van der Waals surface area contributed by atoms with Crippen molar-refractivity contribution in [2.24, 2.45) is 0 Å². The fourth-order valence-electron chi connectivity index (χ4n) is 9.58. The van der Waals surface area contributed by atoms with Gasteiger partial charge in [0.05, 0.1) is 0 Å². The van der Waals surface area contributed by atoms with Crippen LogP contribution in [0.3, 0.4) is 0 Å². The molecule has 0 N–H and O–H groups in total. The average molecular weight is 1090 g/mol. The van der Waals surface area contributed by atoms with Crippen molar-refractivity contribution >= 4 is 17.9 Å². The Labute approximate surface area is 484 Å². The standard InChI is InChI=1S/C72H126O6/c1-4-7-10-13-16-19-22-25-28-30-31-32-33-34-35-36-37-38-39-40-41-42-45-47-50-53-56-59-62-65-71(74)77-68-69(67-76-70(73)64-61-58-55-52-49-46-43-27-24-21-18-15-12-9-6-3)78-72(75)66-63-60-57-54-51-48-44-29-26-23-20-17-14-11-8-5-2/h9,12,18,21-22,25,27,29-31,33-34,43-44,69H,4-8,10-11,13-17,19-20,23-24,26,28,32,35-42,45-68H2,1-3H3/b12-9-,21-18-,25-22-,31-30-,34-33-,43-27-,44-29-. The molecular weight excluding hydrogens is 961 g/mol. The Kier molecular flexibility index (Phi) is 63.2. The van der Waals surface area contributed by atoms with Crippen molar-refractivity contribution in [3.8, 4) is 0 Å². The first-order valence-electron chi connectivity index (χ1n) is 33.6. The maximum atomic E-state index is 12.9. The van der Waals surface area contributed by atoms with Crippen molar-refractivity contribution in [1.82, 2.24) is 0 Å². The predicted octanol–water partition coefficient (Wildman–Crippen LogP) is 23.1. The Hall–Kier alpha value is -3.41. The number of carbonyl (C=O) groups excluding carboxylic acids is 3. The second-order valence-electron chi connectivity index (χ2n) is 22.3. The number of ether oxygens (including phenoxy) is 3. The monoisotopic (exact) mass is 1090 g/mol. The molecule has 0 radical (unpaired) electrons. The molecule has 6 heteroatoms. The van der Waals surface area contributed by atoms with Crippen LogP contribution in [0.2, 0.25) is 0 Å². The van der Waals surface area contributed by atoms with E-state index in [-0.39, 0.29) is 31.1 Å². The van der Waals surface area contributed by atoms with E-state index in [0.717, 1.165) is 122 Å². The number of hydrogen-bond acceptors (Lipinski definition) is 6. The summed E-state index contributed by atoms with van der Waals surface area (Å²) in [7, 11) is 0. The van der Waals surface area contributed by atoms with Crippen molar-refractivity contribution in [3.63, 3.8) is 0 Å². The molecule has 0 aromatic rings. The van der Waals surface area contributed by atoms with Gasteiger partial charge >= 0.3 is 17.9 Å². The van der Waals surface area contributed by atoms with Gasteiger partial charge in [-0.05, 0) is 116 Å². The van der Waals surface area contributed by atoms with Gasteiger partial charge in [-0.2, -0.15) is 0 Å². The number of carbonyl (C=O) groups is 3. The van der Waals surface area contributed by atoms with Crippen LogP contribution in [0.4, 0.5) is 0 Å². The predicted molar refractivity (Wildman–Crippen MR) is 339 cm³/mol. The van der Waals surface area contributed by atoms with Gasteiger partial charge in [0, 0.05) is 19.3 Å². The second-order valence-corrected chi connectivity index (χ2v) is 22.3. The lowest BCUT2D eigenvalue weighted by Gasteiger charge is -2.18. The van der Waals surface area contributed by atoms with E-state index in [0.29, 0.717) is 19.3 Å². The Balaban J connectivity index is 4.27. The van der Waals surface area contributed by atoms with Gasteiger partial charge in [0.2, 0.25) is 0 Å². The average Bonchev–Trinajstić information content (AvgIpc) is 3.44. The molecule has 0 saturated heterocycles. The number of unbranched alkanes of at least 4 members (excludes halogenated alkanes) is 36. The molecule has 78 heavy (non-hydrogen) atoms. The smallest absolute Gasteiger partial charge is 0.306 e. The van der Waals surface area contributed by atoms with Crippen molar-refractivity contribution in [1.29, 1.82) is 0 Å². The Morgan fingerprint density at radius 1 is 0.269 bits per heavy atom. The summed E-state index contributed by atoms with van der Waals surface area (Å²) in [6.07, 6.45) is 87.4. The zero-order chi connectivity index (χ0) is 56.4. The first-order valence-corrected chi connectivity index (χ1v) is 33.6. The van der Waals surface area contributed by atoms with E-state index in [1.165, 1.54) is 173 Å². The highest BCUT2D eigenvalue weighted by Crippen LogP contribution is 2.17. The van der Waals surface area contributed by atoms with Crippen LogP contribution >= 0.6 is 0 Å². The fraction of sp³-hybridized carbons (Fsp3) is 0.764. The zero-order valence-electron chi connectivity index (χ0n) is 51.7. The highest BCUT2D eigenvalue weighted by atomic mass is 16.6. The summed E-state index contributed by atoms with van der Waals surface area (Å²) >= 11 is 0. The molecule has 0 rings (SSSR count). The zero-order valence-corrected chi connectivity index (χ0v) is 51.7. The highest BCUT2D eigenvalue weighted by molar-refractivity contribution is 5.71. The molecule has 1 unspecified atom stereocenters.